The van der Waals surface area contributed by atoms with Gasteiger partial charge in [0.25, 0.3) is 0 Å². The largest absolute Gasteiger partial charge is 0.387 e. The van der Waals surface area contributed by atoms with E-state index in [1.54, 1.807) is 6.20 Å². The highest BCUT2D eigenvalue weighted by Gasteiger charge is 2.33. The van der Waals surface area contributed by atoms with E-state index in [9.17, 15) is 4.79 Å². The molecule has 8 heteroatoms. The Bertz CT molecular complexity index is 1180. The van der Waals surface area contributed by atoms with Crippen molar-refractivity contribution < 1.29 is 4.79 Å². The molecular weight excluding hydrogens is 438 g/mol. The van der Waals surface area contributed by atoms with Crippen molar-refractivity contribution in [1.29, 1.82) is 0 Å². The molecule has 0 bridgehead atoms. The minimum Gasteiger partial charge on any atom is -0.387 e. The van der Waals surface area contributed by atoms with E-state index >= 15 is 0 Å². The van der Waals surface area contributed by atoms with Gasteiger partial charge in [-0.1, -0.05) is 12.1 Å². The molecule has 0 spiro atoms. The Morgan fingerprint density at radius 3 is 2.54 bits per heavy atom. The molecule has 3 aromatic heterocycles. The van der Waals surface area contributed by atoms with E-state index in [4.69, 9.17) is 4.98 Å². The summed E-state index contributed by atoms with van der Waals surface area (Å²) in [7, 11) is 0. The third kappa shape index (κ3) is 4.55. The number of hydrogen-bond acceptors (Lipinski definition) is 6. The predicted molar refractivity (Wildman–Crippen MR) is 135 cm³/mol. The second-order valence-corrected chi connectivity index (χ2v) is 10.00. The van der Waals surface area contributed by atoms with Crippen LogP contribution in [0.5, 0.6) is 0 Å². The number of aromatic nitrogens is 4. The lowest BCUT2D eigenvalue weighted by molar-refractivity contribution is -0.138. The third-order valence-corrected chi connectivity index (χ3v) is 7.77. The van der Waals surface area contributed by atoms with Gasteiger partial charge in [0.1, 0.15) is 11.2 Å². The number of rotatable bonds is 5. The number of piperidine rings is 2. The summed E-state index contributed by atoms with van der Waals surface area (Å²) in [6.45, 7) is 4.69. The number of carbonyl (C=O) groups is 1. The van der Waals surface area contributed by atoms with Gasteiger partial charge in [0, 0.05) is 50.0 Å². The Morgan fingerprint density at radius 2 is 1.80 bits per heavy atom. The van der Waals surface area contributed by atoms with E-state index < -0.39 is 0 Å². The van der Waals surface area contributed by atoms with Crippen LogP contribution in [0.25, 0.3) is 22.7 Å². The minimum absolute atomic E-state index is 0.164. The van der Waals surface area contributed by atoms with Crippen molar-refractivity contribution in [3.05, 3.63) is 55.0 Å². The molecular formula is C27H33N7O. The van der Waals surface area contributed by atoms with Gasteiger partial charge in [0.15, 0.2) is 11.5 Å². The van der Waals surface area contributed by atoms with Crippen molar-refractivity contribution in [3.63, 3.8) is 0 Å². The van der Waals surface area contributed by atoms with Crippen LogP contribution in [0.2, 0.25) is 0 Å². The fourth-order valence-corrected chi connectivity index (χ4v) is 5.86. The molecule has 2 fully saturated rings. The predicted octanol–water partition coefficient (Wildman–Crippen LogP) is 3.24. The maximum atomic E-state index is 13.3. The van der Waals surface area contributed by atoms with Crippen LogP contribution in [0.15, 0.2) is 55.0 Å². The molecule has 3 aliphatic rings. The standard InChI is InChI=1S/C27H33N7O/c35-27(20-8-15-32(16-9-20)19-21-5-3-13-28-21)33-17-10-22(11-18-33)34-25-24(7-4-14-30-25)31-26(34)23-6-1-2-12-29-23/h1-4,6-7,12-14,20-22,28H,5,8-11,15-19H2. The summed E-state index contributed by atoms with van der Waals surface area (Å²) in [5.41, 5.74) is 2.65. The van der Waals surface area contributed by atoms with Crippen LogP contribution in [-0.4, -0.2) is 74.0 Å². The van der Waals surface area contributed by atoms with Crippen LogP contribution < -0.4 is 5.32 Å². The number of nitrogens with one attached hydrogen (secondary N) is 1. The maximum Gasteiger partial charge on any atom is 0.225 e. The molecule has 1 unspecified atom stereocenters. The summed E-state index contributed by atoms with van der Waals surface area (Å²) >= 11 is 0. The number of amides is 1. The Morgan fingerprint density at radius 1 is 0.971 bits per heavy atom. The number of carbonyl (C=O) groups excluding carboxylic acids is 1. The van der Waals surface area contributed by atoms with Gasteiger partial charge in [-0.05, 0) is 75.7 Å². The van der Waals surface area contributed by atoms with E-state index in [1.807, 2.05) is 36.5 Å². The first kappa shape index (κ1) is 22.2. The lowest BCUT2D eigenvalue weighted by Crippen LogP contribution is -2.47. The summed E-state index contributed by atoms with van der Waals surface area (Å²) in [5, 5.41) is 3.42. The van der Waals surface area contributed by atoms with Crippen molar-refractivity contribution in [2.75, 3.05) is 32.7 Å². The van der Waals surface area contributed by atoms with Crippen LogP contribution in [0.4, 0.5) is 0 Å². The molecule has 1 atom stereocenters. The monoisotopic (exact) mass is 471 g/mol. The maximum absolute atomic E-state index is 13.3. The third-order valence-electron chi connectivity index (χ3n) is 7.77. The summed E-state index contributed by atoms with van der Waals surface area (Å²) in [6, 6.07) is 10.6. The average molecular weight is 472 g/mol. The van der Waals surface area contributed by atoms with Crippen LogP contribution in [0, 0.1) is 5.92 Å². The van der Waals surface area contributed by atoms with Gasteiger partial charge in [-0.15, -0.1) is 0 Å². The second kappa shape index (κ2) is 9.77. The smallest absolute Gasteiger partial charge is 0.225 e. The highest BCUT2D eigenvalue weighted by Crippen LogP contribution is 2.33. The van der Waals surface area contributed by atoms with Crippen LogP contribution in [0.1, 0.15) is 38.1 Å². The van der Waals surface area contributed by atoms with Crippen molar-refractivity contribution in [1.82, 2.24) is 34.6 Å². The molecule has 1 amide bonds. The second-order valence-electron chi connectivity index (χ2n) is 10.00. The molecule has 35 heavy (non-hydrogen) atoms. The molecule has 8 nitrogen and oxygen atoms in total. The molecule has 1 N–H and O–H groups in total. The average Bonchev–Trinajstić information content (AvgIpc) is 3.57. The molecule has 182 valence electrons. The number of hydrogen-bond donors (Lipinski definition) is 1. The lowest BCUT2D eigenvalue weighted by Gasteiger charge is -2.38. The quantitative estimate of drug-likeness (QED) is 0.616. The van der Waals surface area contributed by atoms with Gasteiger partial charge in [-0.25, -0.2) is 9.97 Å². The number of likely N-dealkylation sites (tertiary alicyclic amines) is 2. The number of pyridine rings is 2. The van der Waals surface area contributed by atoms with E-state index in [2.05, 4.69) is 41.9 Å². The number of fused-ring (bicyclic) bond motifs is 1. The Balaban J connectivity index is 1.10. The van der Waals surface area contributed by atoms with Gasteiger partial charge in [0.2, 0.25) is 5.91 Å². The molecule has 0 saturated carbocycles. The van der Waals surface area contributed by atoms with Crippen LogP contribution >= 0.6 is 0 Å². The Hall–Kier alpha value is -3.26. The zero-order chi connectivity index (χ0) is 23.6. The molecule has 3 aliphatic heterocycles. The van der Waals surface area contributed by atoms with Crippen molar-refractivity contribution in [3.8, 4) is 11.5 Å². The molecule has 6 rings (SSSR count). The SMILES string of the molecule is O=C(C1CCN(CC2CC=CN2)CC1)N1CCC(n2c(-c3ccccn3)nc3cccnc32)CC1. The van der Waals surface area contributed by atoms with E-state index in [0.717, 1.165) is 87.5 Å². The van der Waals surface area contributed by atoms with Crippen molar-refractivity contribution in [2.45, 2.75) is 44.2 Å². The van der Waals surface area contributed by atoms with E-state index in [1.165, 1.54) is 0 Å². The zero-order valence-corrected chi connectivity index (χ0v) is 20.1. The summed E-state index contributed by atoms with van der Waals surface area (Å²) in [4.78, 5) is 32.0. The molecule has 2 saturated heterocycles. The number of nitrogens with zero attached hydrogens (tertiary/aromatic N) is 6. The Kier molecular flexibility index (Phi) is 6.21. The van der Waals surface area contributed by atoms with E-state index in [0.29, 0.717) is 11.9 Å². The molecule has 0 aliphatic carbocycles. The highest BCUT2D eigenvalue weighted by atomic mass is 16.2. The van der Waals surface area contributed by atoms with Crippen LogP contribution in [-0.2, 0) is 4.79 Å². The van der Waals surface area contributed by atoms with Crippen molar-refractivity contribution >= 4 is 17.1 Å². The summed E-state index contributed by atoms with van der Waals surface area (Å²) < 4.78 is 2.25. The summed E-state index contributed by atoms with van der Waals surface area (Å²) in [6.07, 6.45) is 12.8. The highest BCUT2D eigenvalue weighted by molar-refractivity contribution is 5.79. The van der Waals surface area contributed by atoms with Gasteiger partial charge >= 0.3 is 0 Å². The summed E-state index contributed by atoms with van der Waals surface area (Å²) in [5.74, 6) is 1.38. The van der Waals surface area contributed by atoms with Gasteiger partial charge in [0.05, 0.1) is 0 Å². The van der Waals surface area contributed by atoms with Gasteiger partial charge in [-0.2, -0.15) is 0 Å². The molecule has 6 heterocycles. The zero-order valence-electron chi connectivity index (χ0n) is 20.1. The van der Waals surface area contributed by atoms with Gasteiger partial charge < -0.3 is 19.7 Å². The molecule has 3 aromatic rings. The first-order valence-corrected chi connectivity index (χ1v) is 12.9. The van der Waals surface area contributed by atoms with E-state index in [-0.39, 0.29) is 12.0 Å². The normalized spacial score (nSPS) is 22.1. The molecule has 0 aromatic carbocycles. The Labute approximate surface area is 206 Å². The fraction of sp³-hybridized carbons (Fsp3) is 0.481. The minimum atomic E-state index is 0.164. The van der Waals surface area contributed by atoms with Crippen LogP contribution in [0.3, 0.4) is 0 Å². The first-order valence-electron chi connectivity index (χ1n) is 12.9. The van der Waals surface area contributed by atoms with Gasteiger partial charge in [-0.3, -0.25) is 9.78 Å². The fourth-order valence-electron chi connectivity index (χ4n) is 5.86. The lowest BCUT2D eigenvalue weighted by atomic mass is 9.93. The number of imidazole rings is 1. The first-order chi connectivity index (χ1) is 17.3. The topological polar surface area (TPSA) is 79.2 Å². The molecule has 0 radical (unpaired) electrons. The van der Waals surface area contributed by atoms with Crippen molar-refractivity contribution in [2.24, 2.45) is 5.92 Å².